The summed E-state index contributed by atoms with van der Waals surface area (Å²) in [6.07, 6.45) is 5.55. The highest BCUT2D eigenvalue weighted by molar-refractivity contribution is 5.92. The van der Waals surface area contributed by atoms with Crippen LogP contribution in [-0.4, -0.2) is 74.4 Å². The van der Waals surface area contributed by atoms with E-state index < -0.39 is 12.1 Å². The van der Waals surface area contributed by atoms with Crippen LogP contribution in [0.3, 0.4) is 0 Å². The van der Waals surface area contributed by atoms with E-state index in [4.69, 9.17) is 19.4 Å². The summed E-state index contributed by atoms with van der Waals surface area (Å²) >= 11 is 0. The van der Waals surface area contributed by atoms with Crippen molar-refractivity contribution in [3.63, 3.8) is 0 Å². The number of amides is 1. The van der Waals surface area contributed by atoms with Gasteiger partial charge in [-0.1, -0.05) is 0 Å². The number of carbonyl (C=O) groups is 2. The van der Waals surface area contributed by atoms with Crippen molar-refractivity contribution in [2.24, 2.45) is 0 Å². The Hall–Kier alpha value is -3.28. The van der Waals surface area contributed by atoms with E-state index in [1.54, 1.807) is 18.6 Å². The molecule has 2 fully saturated rings. The number of halogens is 3. The third-order valence-corrected chi connectivity index (χ3v) is 4.96. The van der Waals surface area contributed by atoms with Gasteiger partial charge in [-0.15, -0.1) is 0 Å². The molecule has 2 aliphatic heterocycles. The Kier molecular flexibility index (Phi) is 7.23. The van der Waals surface area contributed by atoms with Gasteiger partial charge in [0.1, 0.15) is 17.5 Å². The van der Waals surface area contributed by atoms with Crippen molar-refractivity contribution in [2.75, 3.05) is 19.7 Å². The van der Waals surface area contributed by atoms with Crippen LogP contribution in [0.1, 0.15) is 29.8 Å². The normalized spacial score (nSPS) is 22.7. The molecule has 0 aromatic carbocycles. The number of piperidine rings is 1. The van der Waals surface area contributed by atoms with E-state index in [0.29, 0.717) is 25.4 Å². The van der Waals surface area contributed by atoms with Crippen molar-refractivity contribution in [3.8, 4) is 5.75 Å². The lowest BCUT2D eigenvalue weighted by Gasteiger charge is -2.39. The van der Waals surface area contributed by atoms with E-state index in [2.05, 4.69) is 15.0 Å². The molecule has 0 saturated carbocycles. The van der Waals surface area contributed by atoms with Crippen LogP contribution < -0.4 is 4.74 Å². The minimum Gasteiger partial charge on any atom is -0.486 e. The third kappa shape index (κ3) is 6.13. The van der Waals surface area contributed by atoms with E-state index in [1.165, 1.54) is 12.4 Å². The quantitative estimate of drug-likeness (QED) is 0.752. The number of likely N-dealkylation sites (tertiary alicyclic amines) is 1. The predicted octanol–water partition coefficient (Wildman–Crippen LogP) is 2.35. The summed E-state index contributed by atoms with van der Waals surface area (Å²) in [6, 6.07) is 3.74. The maximum atomic E-state index is 12.6. The third-order valence-electron chi connectivity index (χ3n) is 4.96. The first kappa shape index (κ1) is 23.4. The minimum atomic E-state index is -5.08. The predicted molar refractivity (Wildman–Crippen MR) is 103 cm³/mol. The highest BCUT2D eigenvalue weighted by Crippen LogP contribution is 2.36. The number of rotatable bonds is 3. The molecule has 0 aliphatic carbocycles. The zero-order valence-electron chi connectivity index (χ0n) is 16.9. The first-order valence-electron chi connectivity index (χ1n) is 9.75. The highest BCUT2D eigenvalue weighted by atomic mass is 19.4. The smallest absolute Gasteiger partial charge is 0.486 e. The number of alkyl halides is 3. The number of nitrogens with zero attached hydrogens (tertiary/aromatic N) is 4. The number of hydrogen-bond donors (Lipinski definition) is 1. The van der Waals surface area contributed by atoms with Crippen LogP contribution in [0.5, 0.6) is 5.75 Å². The van der Waals surface area contributed by atoms with Crippen molar-refractivity contribution in [1.29, 1.82) is 0 Å². The second-order valence-electron chi connectivity index (χ2n) is 7.35. The van der Waals surface area contributed by atoms with Crippen LogP contribution in [0.4, 0.5) is 13.2 Å². The Bertz CT molecular complexity index is 916. The molecule has 0 bridgehead atoms. The van der Waals surface area contributed by atoms with Crippen molar-refractivity contribution in [2.45, 2.75) is 37.1 Å². The zero-order chi connectivity index (χ0) is 23.2. The summed E-state index contributed by atoms with van der Waals surface area (Å²) in [6.45, 7) is 1.81. The molecule has 2 saturated heterocycles. The number of ether oxygens (including phenoxy) is 2. The Morgan fingerprint density at radius 3 is 2.59 bits per heavy atom. The molecular formula is C20H21F3N4O5. The molecule has 4 rings (SSSR count). The average Bonchev–Trinajstić information content (AvgIpc) is 3.15. The topological polar surface area (TPSA) is 115 Å². The molecule has 2 aliphatic rings. The molecular weight excluding hydrogens is 433 g/mol. The fourth-order valence-corrected chi connectivity index (χ4v) is 3.61. The molecule has 0 radical (unpaired) electrons. The highest BCUT2D eigenvalue weighted by Gasteiger charge is 2.45. The fraction of sp³-hybridized carbons (Fsp3) is 0.450. The molecule has 32 heavy (non-hydrogen) atoms. The summed E-state index contributed by atoms with van der Waals surface area (Å²) in [7, 11) is 0. The maximum absolute atomic E-state index is 12.6. The van der Waals surface area contributed by atoms with Gasteiger partial charge in [0.25, 0.3) is 5.91 Å². The Balaban J connectivity index is 0.000000360. The summed E-state index contributed by atoms with van der Waals surface area (Å²) in [5, 5.41) is 7.12. The average molecular weight is 454 g/mol. The van der Waals surface area contributed by atoms with Crippen molar-refractivity contribution in [1.82, 2.24) is 19.9 Å². The minimum absolute atomic E-state index is 0.0178. The van der Waals surface area contributed by atoms with Gasteiger partial charge >= 0.3 is 12.1 Å². The Morgan fingerprint density at radius 2 is 1.97 bits per heavy atom. The van der Waals surface area contributed by atoms with Gasteiger partial charge in [0.15, 0.2) is 0 Å². The van der Waals surface area contributed by atoms with Crippen LogP contribution in [0.2, 0.25) is 0 Å². The van der Waals surface area contributed by atoms with Gasteiger partial charge in [-0.3, -0.25) is 14.8 Å². The largest absolute Gasteiger partial charge is 0.490 e. The van der Waals surface area contributed by atoms with Crippen molar-refractivity contribution in [3.05, 3.63) is 48.8 Å². The van der Waals surface area contributed by atoms with E-state index in [9.17, 15) is 18.0 Å². The summed E-state index contributed by atoms with van der Waals surface area (Å²) in [5.74, 6) is -2.10. The van der Waals surface area contributed by atoms with Crippen LogP contribution in [0.25, 0.3) is 0 Å². The molecule has 172 valence electrons. The van der Waals surface area contributed by atoms with Crippen LogP contribution in [0.15, 0.2) is 43.1 Å². The zero-order valence-corrected chi connectivity index (χ0v) is 16.9. The van der Waals surface area contributed by atoms with Crippen molar-refractivity contribution >= 4 is 11.9 Å². The molecule has 12 heteroatoms. The monoisotopic (exact) mass is 454 g/mol. The summed E-state index contributed by atoms with van der Waals surface area (Å²) in [4.78, 5) is 35.5. The second-order valence-corrected chi connectivity index (χ2v) is 7.35. The van der Waals surface area contributed by atoms with E-state index in [0.717, 1.165) is 25.0 Å². The first-order chi connectivity index (χ1) is 15.2. The van der Waals surface area contributed by atoms with Gasteiger partial charge < -0.3 is 19.5 Å². The standard InChI is InChI=1S/C18H20N4O3.C2HF3O2/c23-17(16-11-20-6-7-21-16)22-8-2-4-18(13-22)9-15(12-24-18)25-14-3-1-5-19-10-14;3-2(4,5)1(6)7/h1,3,5-7,10-11,15H,2,4,8-9,12-13H2;(H,6,7). The number of carboxylic acid groups (broad SMARTS) is 1. The molecule has 2 atom stereocenters. The number of pyridine rings is 1. The summed E-state index contributed by atoms with van der Waals surface area (Å²) in [5.41, 5.74) is 0.0453. The Labute approximate surface area is 181 Å². The lowest BCUT2D eigenvalue weighted by atomic mass is 9.89. The number of aliphatic carboxylic acids is 1. The van der Waals surface area contributed by atoms with E-state index >= 15 is 0 Å². The van der Waals surface area contributed by atoms with Crippen LogP contribution in [-0.2, 0) is 9.53 Å². The molecule has 2 aromatic heterocycles. The van der Waals surface area contributed by atoms with Crippen LogP contribution >= 0.6 is 0 Å². The SMILES string of the molecule is O=C(O)C(F)(F)F.O=C(c1cnccn1)N1CCCC2(CC(Oc3cccnc3)CO2)C1. The molecule has 2 unspecified atom stereocenters. The van der Waals surface area contributed by atoms with Crippen LogP contribution in [0, 0.1) is 0 Å². The second kappa shape index (κ2) is 9.90. The molecule has 1 amide bonds. The van der Waals surface area contributed by atoms with Crippen molar-refractivity contribution < 1.29 is 37.3 Å². The number of hydrogen-bond acceptors (Lipinski definition) is 7. The Morgan fingerprint density at radius 1 is 1.22 bits per heavy atom. The first-order valence-corrected chi connectivity index (χ1v) is 9.75. The van der Waals surface area contributed by atoms with Gasteiger partial charge in [-0.2, -0.15) is 13.2 Å². The van der Waals surface area contributed by atoms with Gasteiger partial charge in [-0.25, -0.2) is 9.78 Å². The number of aromatic nitrogens is 3. The molecule has 1 spiro atoms. The number of carbonyl (C=O) groups excluding carboxylic acids is 1. The van der Waals surface area contributed by atoms with Gasteiger partial charge in [0, 0.05) is 31.6 Å². The van der Waals surface area contributed by atoms with E-state index in [1.807, 2.05) is 17.0 Å². The molecule has 9 nitrogen and oxygen atoms in total. The van der Waals surface area contributed by atoms with E-state index in [-0.39, 0.29) is 17.6 Å². The lowest BCUT2D eigenvalue weighted by Crippen LogP contribution is -2.50. The fourth-order valence-electron chi connectivity index (χ4n) is 3.61. The molecule has 4 heterocycles. The van der Waals surface area contributed by atoms with Gasteiger partial charge in [-0.05, 0) is 25.0 Å². The lowest BCUT2D eigenvalue weighted by molar-refractivity contribution is -0.192. The number of carboxylic acids is 1. The maximum Gasteiger partial charge on any atom is 0.490 e. The summed E-state index contributed by atoms with van der Waals surface area (Å²) < 4.78 is 43.8. The van der Waals surface area contributed by atoms with Gasteiger partial charge in [0.05, 0.1) is 31.1 Å². The molecule has 1 N–H and O–H groups in total. The van der Waals surface area contributed by atoms with Gasteiger partial charge in [0.2, 0.25) is 0 Å². The molecule has 2 aromatic rings.